The molecular formula is C25H24Cl3F3N2O3. The minimum Gasteiger partial charge on any atom is -0.456 e. The maximum atomic E-state index is 14.5. The number of anilines is 1. The molecule has 0 N–H and O–H groups in total. The van der Waals surface area contributed by atoms with Gasteiger partial charge in [-0.2, -0.15) is 13.2 Å². The third-order valence-electron chi connectivity index (χ3n) is 5.83. The normalized spacial score (nSPS) is 20.1. The predicted molar refractivity (Wildman–Crippen MR) is 134 cm³/mol. The summed E-state index contributed by atoms with van der Waals surface area (Å²) in [5.74, 6) is -0.300. The second-order valence-corrected chi connectivity index (χ2v) is 11.3. The molecule has 1 aliphatic heterocycles. The Morgan fingerprint density at radius 3 is 2.31 bits per heavy atom. The zero-order chi connectivity index (χ0) is 26.5. The lowest BCUT2D eigenvalue weighted by atomic mass is 9.89. The predicted octanol–water partition coefficient (Wildman–Crippen LogP) is 8.01. The molecule has 2 aromatic rings. The Hall–Kier alpha value is -2.16. The molecule has 0 radical (unpaired) electrons. The van der Waals surface area contributed by atoms with Crippen LogP contribution < -0.4 is 4.90 Å². The molecule has 0 amide bonds. The maximum absolute atomic E-state index is 14.5. The van der Waals surface area contributed by atoms with Crippen LogP contribution in [0.5, 0.6) is 0 Å². The molecule has 1 fully saturated rings. The van der Waals surface area contributed by atoms with Crippen LogP contribution in [-0.4, -0.2) is 30.1 Å². The molecule has 2 aliphatic rings. The van der Waals surface area contributed by atoms with Crippen LogP contribution in [0, 0.1) is 5.92 Å². The van der Waals surface area contributed by atoms with Crippen LogP contribution in [0.15, 0.2) is 41.6 Å². The van der Waals surface area contributed by atoms with E-state index in [-0.39, 0.29) is 37.9 Å². The fraction of sp³-hybridized carbons (Fsp3) is 0.440. The van der Waals surface area contributed by atoms with Gasteiger partial charge in [0.1, 0.15) is 5.60 Å². The molecule has 1 heterocycles. The molecule has 0 saturated heterocycles. The molecule has 1 atom stereocenters. The number of halogens is 6. The zero-order valence-electron chi connectivity index (χ0n) is 19.8. The molecule has 2 aromatic carbocycles. The first-order valence-corrected chi connectivity index (χ1v) is 12.4. The molecule has 1 saturated carbocycles. The number of nitrogens with zero attached hydrogens (tertiary/aromatic N) is 2. The van der Waals surface area contributed by atoms with E-state index >= 15 is 0 Å². The molecule has 36 heavy (non-hydrogen) atoms. The summed E-state index contributed by atoms with van der Waals surface area (Å²) in [6.07, 6.45) is -3.56. The van der Waals surface area contributed by atoms with Crippen molar-refractivity contribution in [2.45, 2.75) is 57.4 Å². The first-order chi connectivity index (χ1) is 16.7. The van der Waals surface area contributed by atoms with Crippen LogP contribution in [0.4, 0.5) is 18.9 Å². The van der Waals surface area contributed by atoms with E-state index in [1.165, 1.54) is 30.3 Å². The van der Waals surface area contributed by atoms with E-state index in [9.17, 15) is 18.0 Å². The second kappa shape index (κ2) is 9.62. The van der Waals surface area contributed by atoms with Gasteiger partial charge in [-0.15, -0.1) is 0 Å². The number of amidine groups is 1. The first kappa shape index (κ1) is 26.9. The van der Waals surface area contributed by atoms with Crippen LogP contribution in [0.2, 0.25) is 15.1 Å². The van der Waals surface area contributed by atoms with E-state index in [0.29, 0.717) is 12.2 Å². The highest BCUT2D eigenvalue weighted by Gasteiger charge is 2.63. The molecule has 1 unspecified atom stereocenters. The van der Waals surface area contributed by atoms with Crippen molar-refractivity contribution in [1.82, 2.24) is 0 Å². The summed E-state index contributed by atoms with van der Waals surface area (Å²) >= 11 is 18.3. The van der Waals surface area contributed by atoms with E-state index in [2.05, 4.69) is 5.16 Å². The Bertz CT molecular complexity index is 1190. The van der Waals surface area contributed by atoms with E-state index in [4.69, 9.17) is 44.4 Å². The van der Waals surface area contributed by atoms with E-state index in [0.717, 1.165) is 12.8 Å². The second-order valence-electron chi connectivity index (χ2n) is 9.98. The zero-order valence-corrected chi connectivity index (χ0v) is 22.0. The molecule has 0 aromatic heterocycles. The van der Waals surface area contributed by atoms with Crippen molar-refractivity contribution in [2.75, 3.05) is 11.4 Å². The molecule has 0 bridgehead atoms. The van der Waals surface area contributed by atoms with Crippen molar-refractivity contribution in [1.29, 1.82) is 0 Å². The Morgan fingerprint density at radius 1 is 1.11 bits per heavy atom. The standard InChI is InChI=1S/C25H24Cl3F3N2O3/c1-23(2,3)35-22(34)19-11-18(6-7-20(19)28)33(13-14-4-5-14)21-12-24(36-32-21,25(29,30)31)15-8-16(26)10-17(27)9-15/h6-11,14H,4-5,12-13H2,1-3H3. The number of esters is 1. The Balaban J connectivity index is 1.71. The molecular weight excluding hydrogens is 540 g/mol. The van der Waals surface area contributed by atoms with Crippen LogP contribution in [-0.2, 0) is 15.2 Å². The monoisotopic (exact) mass is 562 g/mol. The summed E-state index contributed by atoms with van der Waals surface area (Å²) in [6, 6.07) is 8.34. The summed E-state index contributed by atoms with van der Waals surface area (Å²) in [5, 5.41) is 4.16. The van der Waals surface area contributed by atoms with Gasteiger partial charge in [0.15, 0.2) is 5.84 Å². The fourth-order valence-corrected chi connectivity index (χ4v) is 4.63. The Kier molecular flexibility index (Phi) is 7.18. The molecule has 0 spiro atoms. The lowest BCUT2D eigenvalue weighted by molar-refractivity contribution is -0.275. The number of hydrogen-bond acceptors (Lipinski definition) is 5. The van der Waals surface area contributed by atoms with Gasteiger partial charge in [-0.05, 0) is 75.9 Å². The lowest BCUT2D eigenvalue weighted by Crippen LogP contribution is -2.44. The molecule has 1 aliphatic carbocycles. The van der Waals surface area contributed by atoms with Gasteiger partial charge in [0.2, 0.25) is 0 Å². The summed E-state index contributed by atoms with van der Waals surface area (Å²) in [4.78, 5) is 19.6. The SMILES string of the molecule is CC(C)(C)OC(=O)c1cc(N(CC2CC2)C2=NOC(c3cc(Cl)cc(Cl)c3)(C(F)(F)F)C2)ccc1Cl. The number of alkyl halides is 3. The average molecular weight is 564 g/mol. The van der Waals surface area contributed by atoms with Gasteiger partial charge in [-0.25, -0.2) is 4.79 Å². The fourth-order valence-electron chi connectivity index (χ4n) is 3.91. The maximum Gasteiger partial charge on any atom is 0.435 e. The third kappa shape index (κ3) is 5.71. The topological polar surface area (TPSA) is 51.1 Å². The third-order valence-corrected chi connectivity index (χ3v) is 6.60. The number of carbonyl (C=O) groups excluding carboxylic acids is 1. The molecule has 4 rings (SSSR count). The average Bonchev–Trinajstić information content (AvgIpc) is 3.44. The van der Waals surface area contributed by atoms with Crippen molar-refractivity contribution < 1.29 is 27.5 Å². The van der Waals surface area contributed by atoms with E-state index in [1.807, 2.05) is 0 Å². The van der Waals surface area contributed by atoms with Crippen LogP contribution >= 0.6 is 34.8 Å². The van der Waals surface area contributed by atoms with Gasteiger partial charge >= 0.3 is 12.1 Å². The number of carbonyl (C=O) groups is 1. The minimum absolute atomic E-state index is 0.0488. The molecule has 5 nitrogen and oxygen atoms in total. The van der Waals surface area contributed by atoms with Crippen molar-refractivity contribution >= 4 is 52.3 Å². The van der Waals surface area contributed by atoms with E-state index < -0.39 is 29.8 Å². The Morgan fingerprint density at radius 2 is 1.75 bits per heavy atom. The quantitative estimate of drug-likeness (QED) is 0.346. The number of benzene rings is 2. The van der Waals surface area contributed by atoms with Crippen LogP contribution in [0.1, 0.15) is 56.0 Å². The van der Waals surface area contributed by atoms with Gasteiger partial charge in [0.25, 0.3) is 5.60 Å². The highest BCUT2D eigenvalue weighted by Crippen LogP contribution is 2.50. The highest BCUT2D eigenvalue weighted by atomic mass is 35.5. The summed E-state index contributed by atoms with van der Waals surface area (Å²) in [7, 11) is 0. The largest absolute Gasteiger partial charge is 0.456 e. The summed E-state index contributed by atoms with van der Waals surface area (Å²) < 4.78 is 48.9. The number of rotatable bonds is 5. The minimum atomic E-state index is -4.82. The number of ether oxygens (including phenoxy) is 1. The van der Waals surface area contributed by atoms with Gasteiger partial charge in [0.05, 0.1) is 17.0 Å². The first-order valence-electron chi connectivity index (χ1n) is 11.3. The summed E-state index contributed by atoms with van der Waals surface area (Å²) in [6.45, 7) is 5.59. The molecule has 11 heteroatoms. The highest BCUT2D eigenvalue weighted by molar-refractivity contribution is 6.35. The van der Waals surface area contributed by atoms with E-state index in [1.54, 1.807) is 31.7 Å². The van der Waals surface area contributed by atoms with Gasteiger partial charge < -0.3 is 14.5 Å². The van der Waals surface area contributed by atoms with Crippen molar-refractivity contribution in [2.24, 2.45) is 11.1 Å². The summed E-state index contributed by atoms with van der Waals surface area (Å²) in [5.41, 5.74) is -3.20. The lowest BCUT2D eigenvalue weighted by Gasteiger charge is -2.31. The number of hydrogen-bond donors (Lipinski definition) is 0. The van der Waals surface area contributed by atoms with Crippen molar-refractivity contribution in [3.8, 4) is 0 Å². The number of oxime groups is 1. The van der Waals surface area contributed by atoms with Gasteiger partial charge in [-0.3, -0.25) is 0 Å². The van der Waals surface area contributed by atoms with Crippen molar-refractivity contribution in [3.05, 3.63) is 62.6 Å². The molecule has 194 valence electrons. The Labute approximate surface area is 222 Å². The smallest absolute Gasteiger partial charge is 0.435 e. The van der Waals surface area contributed by atoms with Crippen LogP contribution in [0.25, 0.3) is 0 Å². The van der Waals surface area contributed by atoms with Gasteiger partial charge in [-0.1, -0.05) is 40.0 Å². The van der Waals surface area contributed by atoms with Crippen molar-refractivity contribution in [3.63, 3.8) is 0 Å². The van der Waals surface area contributed by atoms with Gasteiger partial charge in [0, 0.05) is 27.8 Å². The van der Waals surface area contributed by atoms with Crippen LogP contribution in [0.3, 0.4) is 0 Å².